The van der Waals surface area contributed by atoms with Crippen molar-refractivity contribution in [2.24, 2.45) is 7.05 Å². The van der Waals surface area contributed by atoms with Gasteiger partial charge in [-0.25, -0.2) is 4.79 Å². The number of carbonyl (C=O) groups is 1. The van der Waals surface area contributed by atoms with Gasteiger partial charge in [0.2, 0.25) is 5.75 Å². The smallest absolute Gasteiger partial charge is 0.351 e. The van der Waals surface area contributed by atoms with Gasteiger partial charge in [0.25, 0.3) is 5.56 Å². The van der Waals surface area contributed by atoms with E-state index >= 15 is 0 Å². The number of esters is 1. The van der Waals surface area contributed by atoms with Crippen molar-refractivity contribution in [3.8, 4) is 16.3 Å². The van der Waals surface area contributed by atoms with E-state index in [1.54, 1.807) is 7.05 Å². The van der Waals surface area contributed by atoms with Gasteiger partial charge in [-0.2, -0.15) is 0 Å². The molecule has 0 radical (unpaired) electrons. The van der Waals surface area contributed by atoms with Crippen LogP contribution in [0.25, 0.3) is 10.6 Å². The zero-order valence-electron chi connectivity index (χ0n) is 9.60. The van der Waals surface area contributed by atoms with Gasteiger partial charge in [0.15, 0.2) is 0 Å². The Labute approximate surface area is 105 Å². The Morgan fingerprint density at radius 1 is 1.41 bits per heavy atom. The first-order chi connectivity index (χ1) is 8.11. The zero-order valence-corrected chi connectivity index (χ0v) is 11.2. The number of ether oxygens (including phenoxy) is 2. The minimum atomic E-state index is -0.426. The van der Waals surface area contributed by atoms with Crippen molar-refractivity contribution < 1.29 is 14.3 Å². The lowest BCUT2D eigenvalue weighted by atomic mass is 10.3. The largest absolute Gasteiger partial charge is 0.487 e. The highest BCUT2D eigenvalue weighted by Crippen LogP contribution is 2.42. The van der Waals surface area contributed by atoms with Crippen LogP contribution in [0.4, 0.5) is 0 Å². The van der Waals surface area contributed by atoms with Crippen molar-refractivity contribution in [1.82, 2.24) is 4.57 Å². The predicted molar refractivity (Wildman–Crippen MR) is 66.6 cm³/mol. The van der Waals surface area contributed by atoms with E-state index in [1.165, 1.54) is 32.4 Å². The van der Waals surface area contributed by atoms with Crippen molar-refractivity contribution in [2.45, 2.75) is 6.92 Å². The van der Waals surface area contributed by atoms with Gasteiger partial charge in [0.1, 0.15) is 9.75 Å². The summed E-state index contributed by atoms with van der Waals surface area (Å²) in [4.78, 5) is 24.6. The van der Waals surface area contributed by atoms with Crippen molar-refractivity contribution in [2.75, 3.05) is 13.7 Å². The summed E-state index contributed by atoms with van der Waals surface area (Å²) in [5.41, 5.74) is 0.381. The lowest BCUT2D eigenvalue weighted by Gasteiger charge is -1.99. The summed E-state index contributed by atoms with van der Waals surface area (Å²) in [5, 5.41) is 0. The third-order valence-electron chi connectivity index (χ3n) is 2.34. The highest BCUT2D eigenvalue weighted by molar-refractivity contribution is 7.71. The number of hydrogen-bond acceptors (Lipinski definition) is 6. The Balaban J connectivity index is 2.64. The first-order valence-corrected chi connectivity index (χ1v) is 7.09. The number of rotatable bonds is 3. The third-order valence-corrected chi connectivity index (χ3v) is 4.74. The van der Waals surface area contributed by atoms with Crippen LogP contribution in [-0.2, 0) is 11.8 Å². The van der Waals surface area contributed by atoms with Crippen LogP contribution in [0.2, 0.25) is 0 Å². The molecule has 2 heterocycles. The molecular formula is C10H11NO4S2. The maximum absolute atomic E-state index is 11.9. The standard InChI is InChI=1S/C10H11NO4S2/c1-4-15-6-7-5(11(2)9(6)12)8(17-16-7)10(13)14-3/h4H2,1-3H3. The van der Waals surface area contributed by atoms with Crippen molar-refractivity contribution in [1.29, 1.82) is 0 Å². The molecule has 0 atom stereocenters. The molecule has 2 aliphatic rings. The summed E-state index contributed by atoms with van der Waals surface area (Å²) >= 11 is 0. The summed E-state index contributed by atoms with van der Waals surface area (Å²) in [7, 11) is 5.59. The molecule has 0 N–H and O–H groups in total. The molecule has 0 aromatic heterocycles. The lowest BCUT2D eigenvalue weighted by molar-refractivity contribution is 0.0606. The molecule has 0 saturated heterocycles. The molecule has 2 aliphatic heterocycles. The number of aromatic nitrogens is 1. The van der Waals surface area contributed by atoms with Gasteiger partial charge in [-0.15, -0.1) is 0 Å². The second kappa shape index (κ2) is 4.50. The van der Waals surface area contributed by atoms with Gasteiger partial charge >= 0.3 is 5.97 Å². The molecule has 0 aliphatic carbocycles. The molecule has 0 bridgehead atoms. The van der Waals surface area contributed by atoms with Gasteiger partial charge in [0, 0.05) is 7.05 Å². The van der Waals surface area contributed by atoms with E-state index in [2.05, 4.69) is 4.74 Å². The molecule has 0 aromatic carbocycles. The highest BCUT2D eigenvalue weighted by atomic mass is 32.9. The van der Waals surface area contributed by atoms with Gasteiger partial charge in [-0.3, -0.25) is 4.79 Å². The number of fused-ring (bicyclic) bond motifs is 1. The second-order valence-corrected chi connectivity index (χ2v) is 5.44. The van der Waals surface area contributed by atoms with Gasteiger partial charge < -0.3 is 14.0 Å². The SMILES string of the molecule is CCOc1c2ssc(C(=O)OC)c-2n(C)c1=O. The number of hydrogen-bond donors (Lipinski definition) is 0. The Kier molecular flexibility index (Phi) is 3.21. The van der Waals surface area contributed by atoms with Crippen LogP contribution in [-0.4, -0.2) is 24.3 Å². The fourth-order valence-corrected chi connectivity index (χ4v) is 4.21. The zero-order chi connectivity index (χ0) is 12.6. The average Bonchev–Trinajstić information content (AvgIpc) is 2.85. The van der Waals surface area contributed by atoms with Gasteiger partial charge in [0.05, 0.1) is 19.4 Å². The topological polar surface area (TPSA) is 57.5 Å². The Morgan fingerprint density at radius 2 is 2.12 bits per heavy atom. The molecule has 5 nitrogen and oxygen atoms in total. The number of nitrogens with zero attached hydrogens (tertiary/aromatic N) is 1. The van der Waals surface area contributed by atoms with Crippen LogP contribution in [0, 0.1) is 0 Å². The maximum atomic E-state index is 11.9. The molecule has 0 unspecified atom stereocenters. The van der Waals surface area contributed by atoms with E-state index in [-0.39, 0.29) is 5.56 Å². The minimum absolute atomic E-state index is 0.217. The molecule has 0 fully saturated rings. The lowest BCUT2D eigenvalue weighted by Crippen LogP contribution is -2.14. The first-order valence-electron chi connectivity index (χ1n) is 4.94. The van der Waals surface area contributed by atoms with Crippen LogP contribution >= 0.6 is 20.7 Å². The molecule has 0 saturated carbocycles. The van der Waals surface area contributed by atoms with Crippen LogP contribution < -0.4 is 10.3 Å². The molecule has 0 amide bonds. The first kappa shape index (κ1) is 12.1. The second-order valence-electron chi connectivity index (χ2n) is 3.29. The summed E-state index contributed by atoms with van der Waals surface area (Å²) in [6, 6.07) is 0. The molecule has 2 rings (SSSR count). The normalized spacial score (nSPS) is 10.8. The molecule has 17 heavy (non-hydrogen) atoms. The summed E-state index contributed by atoms with van der Waals surface area (Å²) in [6.45, 7) is 2.24. The molecule has 0 aromatic rings. The molecule has 0 spiro atoms. The Bertz CT molecular complexity index is 580. The minimum Gasteiger partial charge on any atom is -0.487 e. The van der Waals surface area contributed by atoms with E-state index in [9.17, 15) is 9.59 Å². The fraction of sp³-hybridized carbons (Fsp3) is 0.400. The van der Waals surface area contributed by atoms with E-state index in [1.807, 2.05) is 6.92 Å². The van der Waals surface area contributed by atoms with E-state index in [4.69, 9.17) is 4.74 Å². The number of methoxy groups -OCH3 is 1. The van der Waals surface area contributed by atoms with Crippen LogP contribution in [0.1, 0.15) is 16.6 Å². The van der Waals surface area contributed by atoms with Crippen LogP contribution in [0.3, 0.4) is 0 Å². The molecule has 92 valence electrons. The van der Waals surface area contributed by atoms with Crippen molar-refractivity contribution >= 4 is 26.7 Å². The van der Waals surface area contributed by atoms with Crippen molar-refractivity contribution in [3.63, 3.8) is 0 Å². The van der Waals surface area contributed by atoms with E-state index in [0.29, 0.717) is 27.8 Å². The molecule has 7 heteroatoms. The monoisotopic (exact) mass is 273 g/mol. The quantitative estimate of drug-likeness (QED) is 0.632. The average molecular weight is 273 g/mol. The summed E-state index contributed by atoms with van der Waals surface area (Å²) in [6.07, 6.45) is 0. The van der Waals surface area contributed by atoms with Crippen molar-refractivity contribution in [3.05, 3.63) is 15.2 Å². The van der Waals surface area contributed by atoms with Crippen LogP contribution in [0.5, 0.6) is 5.75 Å². The summed E-state index contributed by atoms with van der Waals surface area (Å²) in [5.74, 6) is -0.105. The Morgan fingerprint density at radius 3 is 2.71 bits per heavy atom. The van der Waals surface area contributed by atoms with Crippen LogP contribution in [0.15, 0.2) is 4.79 Å². The Hall–Kier alpha value is -1.34. The van der Waals surface area contributed by atoms with E-state index in [0.717, 1.165) is 0 Å². The number of carbonyl (C=O) groups excluding carboxylic acids is 1. The predicted octanol–water partition coefficient (Wildman–Crippen LogP) is 1.80. The van der Waals surface area contributed by atoms with E-state index < -0.39 is 5.97 Å². The fourth-order valence-electron chi connectivity index (χ4n) is 1.56. The van der Waals surface area contributed by atoms with Gasteiger partial charge in [-0.05, 0) is 6.92 Å². The van der Waals surface area contributed by atoms with Gasteiger partial charge in [-0.1, -0.05) is 20.7 Å². The third kappa shape index (κ3) is 1.75. The summed E-state index contributed by atoms with van der Waals surface area (Å²) < 4.78 is 11.4. The highest BCUT2D eigenvalue weighted by Gasteiger charge is 2.29. The molecular weight excluding hydrogens is 262 g/mol. The maximum Gasteiger partial charge on any atom is 0.351 e.